The van der Waals surface area contributed by atoms with Crippen molar-refractivity contribution in [2.45, 2.75) is 6.42 Å². The van der Waals surface area contributed by atoms with Crippen LogP contribution in [0.2, 0.25) is 0 Å². The molecule has 5 nitrogen and oxygen atoms in total. The Kier molecular flexibility index (Phi) is 3.12. The molecule has 0 radical (unpaired) electrons. The molecular formula is C14H11FN4O. The fraction of sp³-hybridized carbons (Fsp3) is 0.0714. The molecule has 20 heavy (non-hydrogen) atoms. The lowest BCUT2D eigenvalue weighted by Crippen LogP contribution is -1.92. The van der Waals surface area contributed by atoms with E-state index >= 15 is 0 Å². The van der Waals surface area contributed by atoms with Crippen LogP contribution >= 0.6 is 0 Å². The molecule has 0 spiro atoms. The Morgan fingerprint density at radius 2 is 1.95 bits per heavy atom. The maximum absolute atomic E-state index is 13.8. The van der Waals surface area contributed by atoms with Gasteiger partial charge < -0.3 is 10.3 Å². The van der Waals surface area contributed by atoms with E-state index in [1.54, 1.807) is 18.5 Å². The van der Waals surface area contributed by atoms with Crippen LogP contribution < -0.4 is 5.73 Å². The van der Waals surface area contributed by atoms with E-state index in [4.69, 9.17) is 10.3 Å². The van der Waals surface area contributed by atoms with Crippen LogP contribution in [0.3, 0.4) is 0 Å². The first-order valence-corrected chi connectivity index (χ1v) is 5.99. The summed E-state index contributed by atoms with van der Waals surface area (Å²) < 4.78 is 18.8. The predicted octanol–water partition coefficient (Wildman–Crippen LogP) is 2.44. The van der Waals surface area contributed by atoms with Crippen LogP contribution in [0.25, 0.3) is 11.5 Å². The average Bonchev–Trinajstić information content (AvgIpc) is 2.88. The summed E-state index contributed by atoms with van der Waals surface area (Å²) >= 11 is 0. The van der Waals surface area contributed by atoms with E-state index in [-0.39, 0.29) is 11.5 Å². The predicted molar refractivity (Wildman–Crippen MR) is 71.1 cm³/mol. The van der Waals surface area contributed by atoms with Gasteiger partial charge in [0.25, 0.3) is 5.89 Å². The summed E-state index contributed by atoms with van der Waals surface area (Å²) in [5.74, 6) is 0.151. The molecule has 0 saturated heterocycles. The third kappa shape index (κ3) is 2.49. The van der Waals surface area contributed by atoms with Crippen LogP contribution in [-0.2, 0) is 6.42 Å². The summed E-state index contributed by atoms with van der Waals surface area (Å²) in [5.41, 5.74) is 7.10. The van der Waals surface area contributed by atoms with Crippen molar-refractivity contribution < 1.29 is 8.91 Å². The third-order valence-corrected chi connectivity index (χ3v) is 2.80. The van der Waals surface area contributed by atoms with Crippen LogP contribution in [-0.4, -0.2) is 15.1 Å². The molecule has 0 bridgehead atoms. The number of benzene rings is 1. The summed E-state index contributed by atoms with van der Waals surface area (Å²) in [4.78, 5) is 8.12. The van der Waals surface area contributed by atoms with Crippen molar-refractivity contribution in [3.8, 4) is 11.5 Å². The van der Waals surface area contributed by atoms with E-state index in [0.717, 1.165) is 5.56 Å². The van der Waals surface area contributed by atoms with Crippen LogP contribution in [0.1, 0.15) is 11.4 Å². The molecule has 0 unspecified atom stereocenters. The van der Waals surface area contributed by atoms with Gasteiger partial charge in [-0.1, -0.05) is 5.16 Å². The minimum absolute atomic E-state index is 0.145. The molecule has 3 rings (SSSR count). The second-order valence-electron chi connectivity index (χ2n) is 4.29. The zero-order chi connectivity index (χ0) is 13.9. The average molecular weight is 270 g/mol. The van der Waals surface area contributed by atoms with Crippen molar-refractivity contribution in [2.75, 3.05) is 5.73 Å². The fourth-order valence-electron chi connectivity index (χ4n) is 1.82. The summed E-state index contributed by atoms with van der Waals surface area (Å²) in [6.45, 7) is 0. The fourth-order valence-corrected chi connectivity index (χ4v) is 1.82. The van der Waals surface area contributed by atoms with E-state index in [1.807, 2.05) is 12.1 Å². The molecule has 100 valence electrons. The van der Waals surface area contributed by atoms with Crippen LogP contribution in [0.5, 0.6) is 0 Å². The van der Waals surface area contributed by atoms with Crippen molar-refractivity contribution in [1.29, 1.82) is 0 Å². The van der Waals surface area contributed by atoms with Gasteiger partial charge in [0, 0.05) is 24.5 Å². The van der Waals surface area contributed by atoms with Gasteiger partial charge >= 0.3 is 0 Å². The summed E-state index contributed by atoms with van der Waals surface area (Å²) in [7, 11) is 0. The molecule has 2 aromatic heterocycles. The zero-order valence-electron chi connectivity index (χ0n) is 10.5. The smallest absolute Gasteiger partial charge is 0.260 e. The maximum Gasteiger partial charge on any atom is 0.260 e. The minimum Gasteiger partial charge on any atom is -0.399 e. The van der Waals surface area contributed by atoms with Gasteiger partial charge in [0.15, 0.2) is 5.82 Å². The highest BCUT2D eigenvalue weighted by Crippen LogP contribution is 2.23. The highest BCUT2D eigenvalue weighted by atomic mass is 19.1. The zero-order valence-corrected chi connectivity index (χ0v) is 10.5. The summed E-state index contributed by atoms with van der Waals surface area (Å²) in [6.07, 6.45) is 3.88. The van der Waals surface area contributed by atoms with Gasteiger partial charge in [0.05, 0.1) is 5.56 Å². The van der Waals surface area contributed by atoms with E-state index in [1.165, 1.54) is 12.1 Å². The van der Waals surface area contributed by atoms with Gasteiger partial charge in [-0.05, 0) is 35.9 Å². The minimum atomic E-state index is -0.482. The lowest BCUT2D eigenvalue weighted by Gasteiger charge is -1.98. The molecule has 6 heteroatoms. The maximum atomic E-state index is 13.8. The van der Waals surface area contributed by atoms with Gasteiger partial charge in [-0.3, -0.25) is 4.98 Å². The lowest BCUT2D eigenvalue weighted by molar-refractivity contribution is 0.421. The van der Waals surface area contributed by atoms with E-state index in [0.29, 0.717) is 17.9 Å². The molecular weight excluding hydrogens is 259 g/mol. The number of pyridine rings is 1. The molecule has 0 aliphatic rings. The first-order valence-electron chi connectivity index (χ1n) is 5.99. The van der Waals surface area contributed by atoms with Crippen LogP contribution in [0.4, 0.5) is 10.1 Å². The number of halogens is 1. The number of anilines is 1. The number of aromatic nitrogens is 3. The van der Waals surface area contributed by atoms with Gasteiger partial charge in [0.1, 0.15) is 5.82 Å². The second kappa shape index (κ2) is 5.08. The normalized spacial score (nSPS) is 10.7. The highest BCUT2D eigenvalue weighted by molar-refractivity contribution is 5.58. The SMILES string of the molecule is Nc1ccc(-c2nc(Cc3ccncc3)no2)c(F)c1. The Morgan fingerprint density at radius 1 is 1.15 bits per heavy atom. The first kappa shape index (κ1) is 12.3. The molecule has 3 aromatic rings. The van der Waals surface area contributed by atoms with Crippen molar-refractivity contribution >= 4 is 5.69 Å². The van der Waals surface area contributed by atoms with Crippen molar-refractivity contribution in [3.63, 3.8) is 0 Å². The molecule has 0 atom stereocenters. The summed E-state index contributed by atoms with van der Waals surface area (Å²) in [6, 6.07) is 8.06. The molecule has 0 saturated carbocycles. The van der Waals surface area contributed by atoms with Crippen molar-refractivity contribution in [2.24, 2.45) is 0 Å². The van der Waals surface area contributed by atoms with E-state index in [9.17, 15) is 4.39 Å². The Bertz CT molecular complexity index is 727. The van der Waals surface area contributed by atoms with Crippen LogP contribution in [0, 0.1) is 5.82 Å². The Labute approximate surface area is 114 Å². The number of nitrogens with two attached hydrogens (primary N) is 1. The number of hydrogen-bond donors (Lipinski definition) is 1. The van der Waals surface area contributed by atoms with Gasteiger partial charge in [-0.25, -0.2) is 4.39 Å². The molecule has 1 aromatic carbocycles. The highest BCUT2D eigenvalue weighted by Gasteiger charge is 2.13. The topological polar surface area (TPSA) is 77.8 Å². The van der Waals surface area contributed by atoms with Gasteiger partial charge in [-0.2, -0.15) is 4.98 Å². The molecule has 0 fully saturated rings. The number of nitrogens with zero attached hydrogens (tertiary/aromatic N) is 3. The largest absolute Gasteiger partial charge is 0.399 e. The van der Waals surface area contributed by atoms with Crippen molar-refractivity contribution in [3.05, 3.63) is 59.9 Å². The van der Waals surface area contributed by atoms with Gasteiger partial charge in [-0.15, -0.1) is 0 Å². The molecule has 2 N–H and O–H groups in total. The molecule has 2 heterocycles. The standard InChI is InChI=1S/C14H11FN4O/c15-12-8-10(16)1-2-11(12)14-18-13(19-20-14)7-9-3-5-17-6-4-9/h1-6,8H,7,16H2. The first-order chi connectivity index (χ1) is 9.72. The number of rotatable bonds is 3. The molecule has 0 aliphatic carbocycles. The Balaban J connectivity index is 1.87. The Hall–Kier alpha value is -2.76. The molecule has 0 aliphatic heterocycles. The third-order valence-electron chi connectivity index (χ3n) is 2.80. The van der Waals surface area contributed by atoms with E-state index in [2.05, 4.69) is 15.1 Å². The quantitative estimate of drug-likeness (QED) is 0.739. The van der Waals surface area contributed by atoms with Crippen molar-refractivity contribution in [1.82, 2.24) is 15.1 Å². The lowest BCUT2D eigenvalue weighted by atomic mass is 10.2. The Morgan fingerprint density at radius 3 is 2.70 bits per heavy atom. The monoisotopic (exact) mass is 270 g/mol. The molecule has 0 amide bonds. The second-order valence-corrected chi connectivity index (χ2v) is 4.29. The number of hydrogen-bond acceptors (Lipinski definition) is 5. The van der Waals surface area contributed by atoms with E-state index < -0.39 is 5.82 Å². The van der Waals surface area contributed by atoms with Gasteiger partial charge in [0.2, 0.25) is 0 Å². The summed E-state index contributed by atoms with van der Waals surface area (Å²) in [5, 5.41) is 3.85. The van der Waals surface area contributed by atoms with Crippen LogP contribution in [0.15, 0.2) is 47.2 Å². The number of nitrogen functional groups attached to an aromatic ring is 1.